The van der Waals surface area contributed by atoms with Crippen LogP contribution >= 0.6 is 0 Å². The van der Waals surface area contributed by atoms with Crippen molar-refractivity contribution in [3.8, 4) is 0 Å². The van der Waals surface area contributed by atoms with E-state index < -0.39 is 6.04 Å². The lowest BCUT2D eigenvalue weighted by atomic mass is 10.2. The van der Waals surface area contributed by atoms with Gasteiger partial charge < -0.3 is 9.88 Å². The third-order valence-corrected chi connectivity index (χ3v) is 4.46. The van der Waals surface area contributed by atoms with Gasteiger partial charge in [-0.25, -0.2) is 5.10 Å². The smallest absolute Gasteiger partial charge is 0.288 e. The number of para-hydroxylation sites is 1. The maximum absolute atomic E-state index is 12.7. The van der Waals surface area contributed by atoms with Gasteiger partial charge in [0.05, 0.1) is 24.0 Å². The zero-order chi connectivity index (χ0) is 18.1. The molecule has 1 aromatic carbocycles. The molecule has 0 aliphatic carbocycles. The molecule has 2 N–H and O–H groups in total. The maximum Gasteiger partial charge on any atom is 0.288 e. The number of rotatable bonds is 4. The molecule has 3 heterocycles. The topological polar surface area (TPSA) is 92.7 Å². The van der Waals surface area contributed by atoms with Gasteiger partial charge in [-0.3, -0.25) is 14.6 Å². The Morgan fingerprint density at radius 2 is 2.00 bits per heavy atom. The Hall–Kier alpha value is -3.48. The van der Waals surface area contributed by atoms with Crippen LogP contribution < -0.4 is 10.9 Å². The zero-order valence-corrected chi connectivity index (χ0v) is 14.1. The number of carbonyl (C=O) groups is 1. The largest absolute Gasteiger partial charge is 0.349 e. The molecular weight excluding hydrogens is 330 g/mol. The maximum atomic E-state index is 12.7. The first-order valence-electron chi connectivity index (χ1n) is 8.31. The van der Waals surface area contributed by atoms with Crippen LogP contribution in [0.15, 0.2) is 59.7 Å². The number of hydrogen-bond donors (Lipinski definition) is 2. The molecule has 4 aromatic rings. The molecule has 0 aliphatic heterocycles. The summed E-state index contributed by atoms with van der Waals surface area (Å²) in [7, 11) is 0. The van der Waals surface area contributed by atoms with Gasteiger partial charge in [0.2, 0.25) is 5.91 Å². The molecule has 0 saturated heterocycles. The van der Waals surface area contributed by atoms with Crippen molar-refractivity contribution in [2.75, 3.05) is 0 Å². The molecule has 0 bridgehead atoms. The first-order valence-corrected chi connectivity index (χ1v) is 8.31. The van der Waals surface area contributed by atoms with Gasteiger partial charge >= 0.3 is 0 Å². The summed E-state index contributed by atoms with van der Waals surface area (Å²) in [5.74, 6) is -0.186. The first-order chi connectivity index (χ1) is 12.7. The van der Waals surface area contributed by atoms with Gasteiger partial charge in [0.25, 0.3) is 5.56 Å². The second-order valence-corrected chi connectivity index (χ2v) is 6.06. The van der Waals surface area contributed by atoms with Gasteiger partial charge in [0.1, 0.15) is 11.6 Å². The quantitative estimate of drug-likeness (QED) is 0.592. The highest BCUT2D eigenvalue weighted by Crippen LogP contribution is 2.29. The van der Waals surface area contributed by atoms with Crippen LogP contribution in [0.1, 0.15) is 18.7 Å². The molecule has 1 atom stereocenters. The summed E-state index contributed by atoms with van der Waals surface area (Å²) in [5, 5.41) is 10.9. The highest BCUT2D eigenvalue weighted by atomic mass is 16.2. The van der Waals surface area contributed by atoms with Gasteiger partial charge in [-0.1, -0.05) is 24.3 Å². The van der Waals surface area contributed by atoms with Crippen molar-refractivity contribution in [3.05, 3.63) is 70.9 Å². The van der Waals surface area contributed by atoms with Crippen LogP contribution in [0.3, 0.4) is 0 Å². The summed E-state index contributed by atoms with van der Waals surface area (Å²) in [4.78, 5) is 29.3. The minimum absolute atomic E-state index is 0.186. The molecule has 1 amide bonds. The van der Waals surface area contributed by atoms with E-state index in [-0.39, 0.29) is 11.5 Å². The van der Waals surface area contributed by atoms with Crippen molar-refractivity contribution in [1.29, 1.82) is 0 Å². The zero-order valence-electron chi connectivity index (χ0n) is 14.1. The molecular formula is C19H17N5O2. The fourth-order valence-electron chi connectivity index (χ4n) is 3.21. The van der Waals surface area contributed by atoms with Gasteiger partial charge in [0, 0.05) is 17.0 Å². The fraction of sp³-hybridized carbons (Fsp3) is 0.158. The van der Waals surface area contributed by atoms with Crippen LogP contribution in [-0.4, -0.2) is 25.7 Å². The van der Waals surface area contributed by atoms with Crippen molar-refractivity contribution in [1.82, 2.24) is 25.1 Å². The van der Waals surface area contributed by atoms with Gasteiger partial charge in [-0.05, 0) is 25.1 Å². The van der Waals surface area contributed by atoms with E-state index in [1.165, 1.54) is 0 Å². The van der Waals surface area contributed by atoms with Crippen molar-refractivity contribution < 1.29 is 4.79 Å². The molecule has 7 nitrogen and oxygen atoms in total. The number of nitrogens with zero attached hydrogens (tertiary/aromatic N) is 3. The number of fused-ring (bicyclic) bond motifs is 3. The van der Waals surface area contributed by atoms with Gasteiger partial charge in [-0.15, -0.1) is 0 Å². The monoisotopic (exact) mass is 347 g/mol. The highest BCUT2D eigenvalue weighted by molar-refractivity contribution is 6.08. The predicted molar refractivity (Wildman–Crippen MR) is 98.7 cm³/mol. The number of hydrogen-bond acceptors (Lipinski definition) is 4. The van der Waals surface area contributed by atoms with E-state index in [1.54, 1.807) is 23.9 Å². The number of amides is 1. The Kier molecular flexibility index (Phi) is 3.96. The second-order valence-electron chi connectivity index (χ2n) is 6.06. The Balaban J connectivity index is 1.75. The summed E-state index contributed by atoms with van der Waals surface area (Å²) in [6, 6.07) is 12.6. The number of H-pyrrole nitrogens is 1. The lowest BCUT2D eigenvalue weighted by molar-refractivity contribution is -0.123. The van der Waals surface area contributed by atoms with E-state index in [0.717, 1.165) is 22.0 Å². The van der Waals surface area contributed by atoms with Crippen molar-refractivity contribution in [3.63, 3.8) is 0 Å². The van der Waals surface area contributed by atoms with E-state index in [0.29, 0.717) is 12.1 Å². The SMILES string of the molecule is CC(C(=O)NCc1ccccn1)n1c2ccccc2c2cn[nH]c(=O)c21. The van der Waals surface area contributed by atoms with E-state index in [9.17, 15) is 9.59 Å². The number of carbonyl (C=O) groups excluding carboxylic acids is 1. The summed E-state index contributed by atoms with van der Waals surface area (Å²) in [6.07, 6.45) is 3.30. The minimum atomic E-state index is -0.565. The third kappa shape index (κ3) is 2.63. The molecule has 0 spiro atoms. The molecule has 0 saturated carbocycles. The molecule has 0 radical (unpaired) electrons. The number of nitrogens with one attached hydrogen (secondary N) is 2. The van der Waals surface area contributed by atoms with Crippen LogP contribution in [-0.2, 0) is 11.3 Å². The summed E-state index contributed by atoms with van der Waals surface area (Å²) in [6.45, 7) is 2.11. The first kappa shape index (κ1) is 16.0. The minimum Gasteiger partial charge on any atom is -0.349 e. The van der Waals surface area contributed by atoms with Crippen LogP contribution in [0.5, 0.6) is 0 Å². The number of pyridine rings is 1. The van der Waals surface area contributed by atoms with Crippen molar-refractivity contribution >= 4 is 27.7 Å². The van der Waals surface area contributed by atoms with E-state index in [1.807, 2.05) is 42.5 Å². The molecule has 130 valence electrons. The highest BCUT2D eigenvalue weighted by Gasteiger charge is 2.22. The lowest BCUT2D eigenvalue weighted by Gasteiger charge is -2.16. The van der Waals surface area contributed by atoms with Gasteiger partial charge in [-0.2, -0.15) is 5.10 Å². The van der Waals surface area contributed by atoms with E-state index >= 15 is 0 Å². The van der Waals surface area contributed by atoms with E-state index in [2.05, 4.69) is 20.5 Å². The molecule has 0 fully saturated rings. The van der Waals surface area contributed by atoms with Crippen LogP contribution in [0.2, 0.25) is 0 Å². The standard InChI is InChI=1S/C19H17N5O2/c1-12(18(25)21-10-13-6-4-5-9-20-13)24-16-8-3-2-7-14(16)15-11-22-23-19(26)17(15)24/h2-9,11-12H,10H2,1H3,(H,21,25)(H,23,26). The lowest BCUT2D eigenvalue weighted by Crippen LogP contribution is -2.31. The summed E-state index contributed by atoms with van der Waals surface area (Å²) in [5.41, 5.74) is 1.73. The summed E-state index contributed by atoms with van der Waals surface area (Å²) >= 11 is 0. The van der Waals surface area contributed by atoms with Crippen LogP contribution in [0.4, 0.5) is 0 Å². The second kappa shape index (κ2) is 6.44. The Morgan fingerprint density at radius 3 is 2.81 bits per heavy atom. The average Bonchev–Trinajstić information content (AvgIpc) is 3.02. The third-order valence-electron chi connectivity index (χ3n) is 4.46. The molecule has 3 aromatic heterocycles. The average molecular weight is 347 g/mol. The summed E-state index contributed by atoms with van der Waals surface area (Å²) < 4.78 is 1.76. The number of benzene rings is 1. The molecule has 26 heavy (non-hydrogen) atoms. The number of aromatic nitrogens is 4. The Labute approximate surface area is 148 Å². The van der Waals surface area contributed by atoms with Gasteiger partial charge in [0.15, 0.2) is 0 Å². The molecule has 0 aliphatic rings. The molecule has 4 rings (SSSR count). The van der Waals surface area contributed by atoms with Crippen LogP contribution in [0.25, 0.3) is 21.8 Å². The van der Waals surface area contributed by atoms with Crippen LogP contribution in [0, 0.1) is 0 Å². The van der Waals surface area contributed by atoms with Crippen molar-refractivity contribution in [2.45, 2.75) is 19.5 Å². The molecule has 7 heteroatoms. The number of aromatic amines is 1. The molecule has 1 unspecified atom stereocenters. The van der Waals surface area contributed by atoms with E-state index in [4.69, 9.17) is 0 Å². The van der Waals surface area contributed by atoms with Crippen molar-refractivity contribution in [2.24, 2.45) is 0 Å². The Morgan fingerprint density at radius 1 is 1.19 bits per heavy atom. The fourth-order valence-corrected chi connectivity index (χ4v) is 3.21. The predicted octanol–water partition coefficient (Wildman–Crippen LogP) is 2.15. The normalized spacial score (nSPS) is 12.3. The Bertz CT molecular complexity index is 1150.